The molecule has 1 unspecified atom stereocenters. The van der Waals surface area contributed by atoms with Crippen LogP contribution >= 0.6 is 0 Å². The van der Waals surface area contributed by atoms with Gasteiger partial charge in [-0.15, -0.1) is 0 Å². The second kappa shape index (κ2) is 3.52. The molecule has 0 aromatic heterocycles. The number of hydrogen-bond acceptors (Lipinski definition) is 2. The monoisotopic (exact) mass is 179 g/mol. The second-order valence-electron chi connectivity index (χ2n) is 4.17. The van der Waals surface area contributed by atoms with Gasteiger partial charge in [0.1, 0.15) is 0 Å². The Morgan fingerprint density at radius 2 is 2.31 bits per heavy atom. The van der Waals surface area contributed by atoms with E-state index < -0.39 is 0 Å². The molecule has 0 spiro atoms. The highest BCUT2D eigenvalue weighted by Crippen LogP contribution is 2.54. The molecule has 0 aromatic carbocycles. The van der Waals surface area contributed by atoms with Crippen molar-refractivity contribution < 1.29 is 4.74 Å². The number of hydrogen-bond donors (Lipinski definition) is 1. The molecule has 0 amide bonds. The summed E-state index contributed by atoms with van der Waals surface area (Å²) in [4.78, 5) is 0. The van der Waals surface area contributed by atoms with E-state index in [9.17, 15) is 0 Å². The van der Waals surface area contributed by atoms with E-state index in [1.807, 2.05) is 13.0 Å². The fourth-order valence-corrected chi connectivity index (χ4v) is 1.96. The van der Waals surface area contributed by atoms with Gasteiger partial charge in [-0.2, -0.15) is 0 Å². The standard InChI is InChI=1S/C11H17NO/c1-2-3-11(12)13-7-9-6-10(9)8-4-5-8/h2-3,8-10,12H,4-7H2,1H3/b3-2-,12-11?/t9?,10-/m0/s1. The van der Waals surface area contributed by atoms with Crippen LogP contribution < -0.4 is 0 Å². The molecule has 2 aliphatic carbocycles. The average Bonchev–Trinajstić information content (AvgIpc) is 2.95. The van der Waals surface area contributed by atoms with Crippen molar-refractivity contribution in [2.24, 2.45) is 17.8 Å². The summed E-state index contributed by atoms with van der Waals surface area (Å²) in [6.45, 7) is 2.67. The van der Waals surface area contributed by atoms with Crippen LogP contribution in [-0.4, -0.2) is 12.5 Å². The zero-order valence-electron chi connectivity index (χ0n) is 8.12. The van der Waals surface area contributed by atoms with Gasteiger partial charge in [0.15, 0.2) is 0 Å². The SMILES string of the molecule is C/C=C\C(=N)OCC1C[C@H]1C1CC1. The van der Waals surface area contributed by atoms with Crippen LogP contribution in [0.5, 0.6) is 0 Å². The predicted molar refractivity (Wildman–Crippen MR) is 52.8 cm³/mol. The maximum atomic E-state index is 7.39. The number of allylic oxidation sites excluding steroid dienone is 1. The van der Waals surface area contributed by atoms with Crippen molar-refractivity contribution in [2.75, 3.05) is 6.61 Å². The molecular weight excluding hydrogens is 162 g/mol. The minimum Gasteiger partial charge on any atom is -0.478 e. The summed E-state index contributed by atoms with van der Waals surface area (Å²) in [5.41, 5.74) is 0. The van der Waals surface area contributed by atoms with E-state index in [0.717, 1.165) is 24.4 Å². The molecule has 0 heterocycles. The first-order chi connectivity index (χ1) is 6.31. The van der Waals surface area contributed by atoms with Crippen molar-refractivity contribution in [1.82, 2.24) is 0 Å². The first-order valence-corrected chi connectivity index (χ1v) is 5.15. The van der Waals surface area contributed by atoms with Crippen molar-refractivity contribution in [3.8, 4) is 0 Å². The summed E-state index contributed by atoms with van der Waals surface area (Å²) >= 11 is 0. The fraction of sp³-hybridized carbons (Fsp3) is 0.727. The first-order valence-electron chi connectivity index (χ1n) is 5.15. The Morgan fingerprint density at radius 3 is 2.92 bits per heavy atom. The lowest BCUT2D eigenvalue weighted by atomic mass is 10.2. The van der Waals surface area contributed by atoms with Crippen molar-refractivity contribution in [1.29, 1.82) is 5.41 Å². The van der Waals surface area contributed by atoms with Crippen LogP contribution in [0.25, 0.3) is 0 Å². The molecule has 0 radical (unpaired) electrons. The Hall–Kier alpha value is -0.790. The third-order valence-electron chi connectivity index (χ3n) is 2.98. The Bertz CT molecular complexity index is 230. The van der Waals surface area contributed by atoms with E-state index in [4.69, 9.17) is 10.1 Å². The summed E-state index contributed by atoms with van der Waals surface area (Å²) in [6.07, 6.45) is 7.76. The van der Waals surface area contributed by atoms with Gasteiger partial charge in [0.05, 0.1) is 6.61 Å². The van der Waals surface area contributed by atoms with Gasteiger partial charge in [-0.05, 0) is 50.0 Å². The molecule has 13 heavy (non-hydrogen) atoms. The van der Waals surface area contributed by atoms with E-state index in [0.29, 0.717) is 5.90 Å². The molecule has 2 nitrogen and oxygen atoms in total. The van der Waals surface area contributed by atoms with Crippen LogP contribution in [0, 0.1) is 23.2 Å². The normalized spacial score (nSPS) is 32.1. The lowest BCUT2D eigenvalue weighted by Crippen LogP contribution is -2.04. The van der Waals surface area contributed by atoms with E-state index in [1.165, 1.54) is 19.3 Å². The maximum Gasteiger partial charge on any atom is 0.205 e. The maximum absolute atomic E-state index is 7.39. The lowest BCUT2D eigenvalue weighted by Gasteiger charge is -2.02. The first kappa shape index (κ1) is 8.79. The third kappa shape index (κ3) is 2.33. The Balaban J connectivity index is 1.61. The van der Waals surface area contributed by atoms with Gasteiger partial charge < -0.3 is 4.74 Å². The highest BCUT2D eigenvalue weighted by Gasteiger charge is 2.47. The summed E-state index contributed by atoms with van der Waals surface area (Å²) in [7, 11) is 0. The Morgan fingerprint density at radius 1 is 1.54 bits per heavy atom. The van der Waals surface area contributed by atoms with E-state index >= 15 is 0 Å². The lowest BCUT2D eigenvalue weighted by molar-refractivity contribution is 0.276. The topological polar surface area (TPSA) is 33.1 Å². The summed E-state index contributed by atoms with van der Waals surface area (Å²) in [5.74, 6) is 3.03. The number of ether oxygens (including phenoxy) is 1. The summed E-state index contributed by atoms with van der Waals surface area (Å²) < 4.78 is 5.31. The van der Waals surface area contributed by atoms with E-state index in [-0.39, 0.29) is 0 Å². The molecule has 0 saturated heterocycles. The molecule has 0 bridgehead atoms. The van der Waals surface area contributed by atoms with Gasteiger partial charge in [-0.25, -0.2) is 0 Å². The molecule has 1 N–H and O–H groups in total. The molecule has 2 aliphatic rings. The smallest absolute Gasteiger partial charge is 0.205 e. The predicted octanol–water partition coefficient (Wildman–Crippen LogP) is 2.60. The summed E-state index contributed by atoms with van der Waals surface area (Å²) in [6, 6.07) is 0. The highest BCUT2D eigenvalue weighted by molar-refractivity contribution is 5.84. The quantitative estimate of drug-likeness (QED) is 0.522. The minimum absolute atomic E-state index is 0.309. The molecule has 0 aromatic rings. The van der Waals surface area contributed by atoms with Crippen molar-refractivity contribution in [3.63, 3.8) is 0 Å². The Labute approximate surface area is 79.5 Å². The average molecular weight is 179 g/mol. The fourth-order valence-electron chi connectivity index (χ4n) is 1.96. The molecule has 2 rings (SSSR count). The van der Waals surface area contributed by atoms with Crippen LogP contribution in [0.1, 0.15) is 26.2 Å². The van der Waals surface area contributed by atoms with Crippen LogP contribution in [-0.2, 0) is 4.74 Å². The minimum atomic E-state index is 0.309. The zero-order chi connectivity index (χ0) is 9.26. The van der Waals surface area contributed by atoms with E-state index in [1.54, 1.807) is 6.08 Å². The van der Waals surface area contributed by atoms with Gasteiger partial charge in [-0.1, -0.05) is 6.08 Å². The second-order valence-corrected chi connectivity index (χ2v) is 4.17. The van der Waals surface area contributed by atoms with Crippen LogP contribution in [0.4, 0.5) is 0 Å². The molecular formula is C11H17NO. The number of nitrogens with one attached hydrogen (secondary N) is 1. The molecule has 0 aliphatic heterocycles. The van der Waals surface area contributed by atoms with Gasteiger partial charge in [0.2, 0.25) is 5.90 Å². The van der Waals surface area contributed by atoms with Crippen molar-refractivity contribution >= 4 is 5.90 Å². The van der Waals surface area contributed by atoms with Crippen molar-refractivity contribution in [3.05, 3.63) is 12.2 Å². The molecule has 2 fully saturated rings. The largest absolute Gasteiger partial charge is 0.478 e. The summed E-state index contributed by atoms with van der Waals surface area (Å²) in [5, 5.41) is 7.39. The highest BCUT2D eigenvalue weighted by atomic mass is 16.5. The van der Waals surface area contributed by atoms with Crippen LogP contribution in [0.15, 0.2) is 12.2 Å². The van der Waals surface area contributed by atoms with Gasteiger partial charge in [0.25, 0.3) is 0 Å². The van der Waals surface area contributed by atoms with Crippen LogP contribution in [0.2, 0.25) is 0 Å². The van der Waals surface area contributed by atoms with Gasteiger partial charge in [-0.3, -0.25) is 5.41 Å². The van der Waals surface area contributed by atoms with Gasteiger partial charge in [0, 0.05) is 0 Å². The zero-order valence-corrected chi connectivity index (χ0v) is 8.12. The molecule has 72 valence electrons. The van der Waals surface area contributed by atoms with Gasteiger partial charge >= 0.3 is 0 Å². The van der Waals surface area contributed by atoms with Crippen LogP contribution in [0.3, 0.4) is 0 Å². The van der Waals surface area contributed by atoms with E-state index in [2.05, 4.69) is 0 Å². The Kier molecular flexibility index (Phi) is 2.38. The molecule has 2 atom stereocenters. The third-order valence-corrected chi connectivity index (χ3v) is 2.98. The molecule has 2 heteroatoms. The van der Waals surface area contributed by atoms with Crippen molar-refractivity contribution in [2.45, 2.75) is 26.2 Å². The number of rotatable bonds is 4. The molecule has 2 saturated carbocycles.